The Hall–Kier alpha value is -1.72. The molecule has 0 bridgehead atoms. The van der Waals surface area contributed by atoms with Crippen molar-refractivity contribution in [2.75, 3.05) is 0 Å². The summed E-state index contributed by atoms with van der Waals surface area (Å²) in [6.45, 7) is 3.76. The minimum Gasteiger partial charge on any atom is -0.507 e. The van der Waals surface area contributed by atoms with Crippen LogP contribution in [0.15, 0.2) is 18.2 Å². The number of aryl methyl sites for hydroxylation is 1. The summed E-state index contributed by atoms with van der Waals surface area (Å²) in [7, 11) is 0. The summed E-state index contributed by atoms with van der Waals surface area (Å²) in [4.78, 5) is 12.2. The van der Waals surface area contributed by atoms with E-state index in [1.807, 2.05) is 19.9 Å². The molecule has 2 rings (SSSR count). The molecule has 0 saturated carbocycles. The normalized spacial score (nSPS) is 12.2. The SMILES string of the molecule is Cc1cc(CC(C)NC(=O)c2c(O)cc(Cl)cc2Cl)n[nH]1. The quantitative estimate of drug-likeness (QED) is 0.807. The third-order valence-electron chi connectivity index (χ3n) is 2.91. The lowest BCUT2D eigenvalue weighted by atomic mass is 10.1. The molecular formula is C14H15Cl2N3O2. The zero-order chi connectivity index (χ0) is 15.6. The maximum absolute atomic E-state index is 12.2. The van der Waals surface area contributed by atoms with E-state index in [9.17, 15) is 9.90 Å². The third-order valence-corrected chi connectivity index (χ3v) is 3.43. The molecule has 21 heavy (non-hydrogen) atoms. The van der Waals surface area contributed by atoms with Crippen molar-refractivity contribution in [3.05, 3.63) is 45.2 Å². The molecule has 1 aromatic heterocycles. The van der Waals surface area contributed by atoms with Gasteiger partial charge in [0.2, 0.25) is 0 Å². The van der Waals surface area contributed by atoms with E-state index < -0.39 is 5.91 Å². The summed E-state index contributed by atoms with van der Waals surface area (Å²) in [6, 6.07) is 4.45. The fourth-order valence-electron chi connectivity index (χ4n) is 2.02. The van der Waals surface area contributed by atoms with E-state index in [0.717, 1.165) is 11.4 Å². The van der Waals surface area contributed by atoms with Gasteiger partial charge in [0.1, 0.15) is 5.75 Å². The second-order valence-electron chi connectivity index (χ2n) is 4.90. The van der Waals surface area contributed by atoms with Crippen molar-refractivity contribution in [3.8, 4) is 5.75 Å². The number of hydrogen-bond acceptors (Lipinski definition) is 3. The Labute approximate surface area is 132 Å². The van der Waals surface area contributed by atoms with E-state index in [0.29, 0.717) is 6.42 Å². The first kappa shape index (κ1) is 15.7. The Bertz CT molecular complexity index is 647. The molecule has 0 saturated heterocycles. The molecule has 1 amide bonds. The van der Waals surface area contributed by atoms with Crippen LogP contribution in [0.2, 0.25) is 10.0 Å². The van der Waals surface area contributed by atoms with Gasteiger partial charge in [0.25, 0.3) is 5.91 Å². The second kappa shape index (κ2) is 6.37. The highest BCUT2D eigenvalue weighted by Crippen LogP contribution is 2.29. The molecule has 112 valence electrons. The first-order valence-electron chi connectivity index (χ1n) is 6.36. The Balaban J connectivity index is 2.07. The van der Waals surface area contributed by atoms with Crippen LogP contribution in [-0.4, -0.2) is 27.3 Å². The largest absolute Gasteiger partial charge is 0.507 e. The minimum absolute atomic E-state index is 0.0196. The number of phenolic OH excluding ortho intramolecular Hbond substituents is 1. The van der Waals surface area contributed by atoms with Crippen LogP contribution in [-0.2, 0) is 6.42 Å². The van der Waals surface area contributed by atoms with E-state index >= 15 is 0 Å². The number of phenols is 1. The number of hydrogen-bond donors (Lipinski definition) is 3. The Kier molecular flexibility index (Phi) is 4.75. The van der Waals surface area contributed by atoms with Gasteiger partial charge in [-0.1, -0.05) is 23.2 Å². The van der Waals surface area contributed by atoms with E-state index in [1.165, 1.54) is 12.1 Å². The van der Waals surface area contributed by atoms with Gasteiger partial charge in [0.15, 0.2) is 0 Å². The Morgan fingerprint density at radius 3 is 2.71 bits per heavy atom. The molecule has 5 nitrogen and oxygen atoms in total. The van der Waals surface area contributed by atoms with Crippen molar-refractivity contribution in [1.29, 1.82) is 0 Å². The van der Waals surface area contributed by atoms with Crippen LogP contribution in [0.4, 0.5) is 0 Å². The van der Waals surface area contributed by atoms with Gasteiger partial charge in [0, 0.05) is 23.2 Å². The number of nitrogens with zero attached hydrogens (tertiary/aromatic N) is 1. The highest BCUT2D eigenvalue weighted by molar-refractivity contribution is 6.37. The molecule has 7 heteroatoms. The van der Waals surface area contributed by atoms with Crippen molar-refractivity contribution >= 4 is 29.1 Å². The van der Waals surface area contributed by atoms with Gasteiger partial charge >= 0.3 is 0 Å². The number of rotatable bonds is 4. The topological polar surface area (TPSA) is 78.0 Å². The molecule has 1 atom stereocenters. The van der Waals surface area contributed by atoms with Crippen molar-refractivity contribution in [2.45, 2.75) is 26.3 Å². The molecule has 0 fully saturated rings. The van der Waals surface area contributed by atoms with Gasteiger partial charge in [-0.05, 0) is 32.0 Å². The molecule has 0 aliphatic heterocycles. The monoisotopic (exact) mass is 327 g/mol. The summed E-state index contributed by atoms with van der Waals surface area (Å²) in [5.74, 6) is -0.693. The van der Waals surface area contributed by atoms with Gasteiger partial charge in [-0.3, -0.25) is 9.89 Å². The predicted octanol–water partition coefficient (Wildman–Crippen LogP) is 3.09. The number of nitrogens with one attached hydrogen (secondary N) is 2. The first-order valence-corrected chi connectivity index (χ1v) is 7.12. The summed E-state index contributed by atoms with van der Waals surface area (Å²) >= 11 is 11.7. The summed E-state index contributed by atoms with van der Waals surface area (Å²) in [5, 5.41) is 19.9. The lowest BCUT2D eigenvalue weighted by Crippen LogP contribution is -2.34. The van der Waals surface area contributed by atoms with Crippen molar-refractivity contribution in [1.82, 2.24) is 15.5 Å². The van der Waals surface area contributed by atoms with Crippen molar-refractivity contribution < 1.29 is 9.90 Å². The average molecular weight is 328 g/mol. The standard InChI is InChI=1S/C14H15Cl2N3O2/c1-7(3-10-4-8(2)18-19-10)17-14(21)13-11(16)5-9(15)6-12(13)20/h4-7,20H,3H2,1-2H3,(H,17,21)(H,18,19). The average Bonchev–Trinajstić information content (AvgIpc) is 2.72. The maximum atomic E-state index is 12.2. The number of halogens is 2. The van der Waals surface area contributed by atoms with Crippen molar-refractivity contribution in [3.63, 3.8) is 0 Å². The lowest BCUT2D eigenvalue weighted by molar-refractivity contribution is 0.0937. The number of carbonyl (C=O) groups excluding carboxylic acids is 1. The number of benzene rings is 1. The van der Waals surface area contributed by atoms with Crippen LogP contribution in [0.25, 0.3) is 0 Å². The number of aromatic hydroxyl groups is 1. The lowest BCUT2D eigenvalue weighted by Gasteiger charge is -2.14. The summed E-state index contributed by atoms with van der Waals surface area (Å²) < 4.78 is 0. The van der Waals surface area contributed by atoms with Crippen LogP contribution in [0.1, 0.15) is 28.7 Å². The van der Waals surface area contributed by atoms with Crippen LogP contribution in [0.5, 0.6) is 5.75 Å². The predicted molar refractivity (Wildman–Crippen MR) is 82.1 cm³/mol. The minimum atomic E-state index is -0.450. The highest BCUT2D eigenvalue weighted by atomic mass is 35.5. The van der Waals surface area contributed by atoms with Gasteiger partial charge in [-0.2, -0.15) is 5.10 Å². The number of amides is 1. The zero-order valence-corrected chi connectivity index (χ0v) is 13.1. The fourth-order valence-corrected chi connectivity index (χ4v) is 2.59. The molecule has 0 radical (unpaired) electrons. The van der Waals surface area contributed by atoms with Gasteiger partial charge in [0.05, 0.1) is 16.3 Å². The molecule has 0 aliphatic rings. The van der Waals surface area contributed by atoms with Gasteiger partial charge in [-0.25, -0.2) is 0 Å². The Morgan fingerprint density at radius 2 is 2.14 bits per heavy atom. The summed E-state index contributed by atoms with van der Waals surface area (Å²) in [5.41, 5.74) is 1.83. The van der Waals surface area contributed by atoms with E-state index in [4.69, 9.17) is 23.2 Å². The molecule has 0 aliphatic carbocycles. The number of H-pyrrole nitrogens is 1. The molecule has 1 heterocycles. The van der Waals surface area contributed by atoms with E-state index in [2.05, 4.69) is 15.5 Å². The van der Waals surface area contributed by atoms with Gasteiger partial charge < -0.3 is 10.4 Å². The van der Waals surface area contributed by atoms with Gasteiger partial charge in [-0.15, -0.1) is 0 Å². The molecule has 1 unspecified atom stereocenters. The van der Waals surface area contributed by atoms with Crippen LogP contribution in [0, 0.1) is 6.92 Å². The second-order valence-corrected chi connectivity index (χ2v) is 5.75. The van der Waals surface area contributed by atoms with Crippen LogP contribution < -0.4 is 5.32 Å². The maximum Gasteiger partial charge on any atom is 0.256 e. The molecule has 1 aromatic carbocycles. The smallest absolute Gasteiger partial charge is 0.256 e. The molecule has 0 spiro atoms. The molecule has 3 N–H and O–H groups in total. The summed E-state index contributed by atoms with van der Waals surface area (Å²) in [6.07, 6.45) is 0.571. The van der Waals surface area contributed by atoms with Crippen LogP contribution >= 0.6 is 23.2 Å². The third kappa shape index (κ3) is 3.89. The van der Waals surface area contributed by atoms with Crippen molar-refractivity contribution in [2.24, 2.45) is 0 Å². The Morgan fingerprint density at radius 1 is 1.43 bits per heavy atom. The first-order chi connectivity index (χ1) is 9.86. The highest BCUT2D eigenvalue weighted by Gasteiger charge is 2.18. The number of aromatic amines is 1. The van der Waals surface area contributed by atoms with Crippen LogP contribution in [0.3, 0.4) is 0 Å². The van der Waals surface area contributed by atoms with E-state index in [-0.39, 0.29) is 27.4 Å². The number of carbonyl (C=O) groups is 1. The zero-order valence-electron chi connectivity index (χ0n) is 11.6. The number of aromatic nitrogens is 2. The molecule has 2 aromatic rings. The van der Waals surface area contributed by atoms with E-state index in [1.54, 1.807) is 0 Å². The fraction of sp³-hybridized carbons (Fsp3) is 0.286. The molecular weight excluding hydrogens is 313 g/mol.